The van der Waals surface area contributed by atoms with Crippen LogP contribution in [0.15, 0.2) is 47.4 Å². The Balaban J connectivity index is 2.38. The lowest BCUT2D eigenvalue weighted by Gasteiger charge is -2.12. The van der Waals surface area contributed by atoms with Gasteiger partial charge in [0.25, 0.3) is 10.0 Å². The highest BCUT2D eigenvalue weighted by Crippen LogP contribution is 2.30. The summed E-state index contributed by atoms with van der Waals surface area (Å²) in [5.74, 6) is 0.845. The van der Waals surface area contributed by atoms with E-state index in [2.05, 4.69) is 4.72 Å². The van der Waals surface area contributed by atoms with Crippen molar-refractivity contribution >= 4 is 15.7 Å². The number of ether oxygens (including phenoxy) is 2. The summed E-state index contributed by atoms with van der Waals surface area (Å²) in [7, 11) is -0.720. The van der Waals surface area contributed by atoms with E-state index in [1.807, 2.05) is 19.1 Å². The summed E-state index contributed by atoms with van der Waals surface area (Å²) in [5.41, 5.74) is 1.40. The van der Waals surface area contributed by atoms with Crippen molar-refractivity contribution in [3.63, 3.8) is 0 Å². The third kappa shape index (κ3) is 3.28. The zero-order valence-electron chi connectivity index (χ0n) is 12.1. The first-order valence-electron chi connectivity index (χ1n) is 6.28. The molecule has 112 valence electrons. The van der Waals surface area contributed by atoms with Gasteiger partial charge in [0.05, 0.1) is 24.8 Å². The van der Waals surface area contributed by atoms with E-state index in [4.69, 9.17) is 9.47 Å². The zero-order valence-corrected chi connectivity index (χ0v) is 12.9. The molecular weight excluding hydrogens is 290 g/mol. The number of benzene rings is 2. The molecule has 0 aliphatic rings. The van der Waals surface area contributed by atoms with Crippen molar-refractivity contribution in [2.75, 3.05) is 18.9 Å². The van der Waals surface area contributed by atoms with Crippen LogP contribution in [0, 0.1) is 6.92 Å². The van der Waals surface area contributed by atoms with Crippen molar-refractivity contribution in [3.05, 3.63) is 48.0 Å². The van der Waals surface area contributed by atoms with Crippen molar-refractivity contribution in [2.24, 2.45) is 0 Å². The lowest BCUT2D eigenvalue weighted by Crippen LogP contribution is -2.13. The van der Waals surface area contributed by atoms with Crippen molar-refractivity contribution in [3.8, 4) is 11.5 Å². The first kappa shape index (κ1) is 15.2. The van der Waals surface area contributed by atoms with Gasteiger partial charge in [-0.25, -0.2) is 8.42 Å². The lowest BCUT2D eigenvalue weighted by atomic mass is 10.2. The molecule has 2 aromatic rings. The largest absolute Gasteiger partial charge is 0.493 e. The monoisotopic (exact) mass is 307 g/mol. The molecule has 0 aromatic heterocycles. The fraction of sp³-hybridized carbons (Fsp3) is 0.200. The van der Waals surface area contributed by atoms with E-state index in [9.17, 15) is 8.42 Å². The van der Waals surface area contributed by atoms with Gasteiger partial charge >= 0.3 is 0 Å². The Kier molecular flexibility index (Phi) is 4.37. The Labute approximate surface area is 124 Å². The molecule has 2 aromatic carbocycles. The van der Waals surface area contributed by atoms with E-state index in [0.717, 1.165) is 5.56 Å². The number of para-hydroxylation sites is 1. The standard InChI is InChI=1S/C15H17NO4S/c1-11-6-4-5-7-13(11)16-21(17,18)12-8-9-14(19-2)15(10-12)20-3/h4-10,16H,1-3H3. The summed E-state index contributed by atoms with van der Waals surface area (Å²) in [6.07, 6.45) is 0. The molecule has 21 heavy (non-hydrogen) atoms. The van der Waals surface area contributed by atoms with Crippen molar-refractivity contribution in [1.29, 1.82) is 0 Å². The second-order valence-electron chi connectivity index (χ2n) is 4.44. The number of nitrogens with one attached hydrogen (secondary N) is 1. The van der Waals surface area contributed by atoms with Gasteiger partial charge in [0.15, 0.2) is 11.5 Å². The first-order chi connectivity index (χ1) is 9.97. The van der Waals surface area contributed by atoms with Crippen molar-refractivity contribution in [1.82, 2.24) is 0 Å². The number of rotatable bonds is 5. The van der Waals surface area contributed by atoms with Crippen molar-refractivity contribution in [2.45, 2.75) is 11.8 Å². The van der Waals surface area contributed by atoms with E-state index in [-0.39, 0.29) is 4.90 Å². The van der Waals surface area contributed by atoms with Gasteiger partial charge in [0, 0.05) is 6.07 Å². The Morgan fingerprint density at radius 3 is 2.24 bits per heavy atom. The minimum absolute atomic E-state index is 0.114. The average molecular weight is 307 g/mol. The predicted octanol–water partition coefficient (Wildman–Crippen LogP) is 2.81. The maximum atomic E-state index is 12.4. The molecule has 1 N–H and O–H groups in total. The lowest BCUT2D eigenvalue weighted by molar-refractivity contribution is 0.354. The quantitative estimate of drug-likeness (QED) is 0.922. The number of methoxy groups -OCH3 is 2. The van der Waals surface area contributed by atoms with Gasteiger partial charge in [-0.15, -0.1) is 0 Å². The fourth-order valence-corrected chi connectivity index (χ4v) is 3.02. The zero-order chi connectivity index (χ0) is 15.5. The average Bonchev–Trinajstić information content (AvgIpc) is 2.48. The summed E-state index contributed by atoms with van der Waals surface area (Å²) >= 11 is 0. The van der Waals surface area contributed by atoms with Gasteiger partial charge in [-0.3, -0.25) is 4.72 Å². The van der Waals surface area contributed by atoms with Crippen molar-refractivity contribution < 1.29 is 17.9 Å². The van der Waals surface area contributed by atoms with E-state index in [0.29, 0.717) is 17.2 Å². The molecule has 2 rings (SSSR count). The Morgan fingerprint density at radius 2 is 1.62 bits per heavy atom. The Bertz CT molecular complexity index is 741. The predicted molar refractivity (Wildman–Crippen MR) is 81.5 cm³/mol. The van der Waals surface area contributed by atoms with Gasteiger partial charge in [-0.1, -0.05) is 18.2 Å². The molecule has 0 amide bonds. The first-order valence-corrected chi connectivity index (χ1v) is 7.76. The maximum absolute atomic E-state index is 12.4. The molecular formula is C15H17NO4S. The molecule has 0 spiro atoms. The minimum Gasteiger partial charge on any atom is -0.493 e. The molecule has 0 unspecified atom stereocenters. The van der Waals surface area contributed by atoms with Crippen LogP contribution in [0.25, 0.3) is 0 Å². The van der Waals surface area contributed by atoms with Gasteiger partial charge in [-0.05, 0) is 30.7 Å². The van der Waals surface area contributed by atoms with E-state index in [1.165, 1.54) is 26.4 Å². The molecule has 0 atom stereocenters. The maximum Gasteiger partial charge on any atom is 0.262 e. The number of hydrogen-bond donors (Lipinski definition) is 1. The highest BCUT2D eigenvalue weighted by molar-refractivity contribution is 7.92. The highest BCUT2D eigenvalue weighted by atomic mass is 32.2. The van der Waals surface area contributed by atoms with E-state index >= 15 is 0 Å². The smallest absolute Gasteiger partial charge is 0.262 e. The van der Waals surface area contributed by atoms with Crippen LogP contribution >= 0.6 is 0 Å². The summed E-state index contributed by atoms with van der Waals surface area (Å²) in [4.78, 5) is 0.114. The third-order valence-electron chi connectivity index (χ3n) is 3.05. The number of aryl methyl sites for hydroxylation is 1. The van der Waals surface area contributed by atoms with Crippen LogP contribution < -0.4 is 14.2 Å². The number of sulfonamides is 1. The van der Waals surface area contributed by atoms with Gasteiger partial charge in [-0.2, -0.15) is 0 Å². The summed E-state index contributed by atoms with van der Waals surface area (Å²) in [5, 5.41) is 0. The normalized spacial score (nSPS) is 11.0. The highest BCUT2D eigenvalue weighted by Gasteiger charge is 2.17. The molecule has 0 fully saturated rings. The van der Waals surface area contributed by atoms with Crippen LogP contribution in [0.2, 0.25) is 0 Å². The van der Waals surface area contributed by atoms with Gasteiger partial charge in [0.2, 0.25) is 0 Å². The summed E-state index contributed by atoms with van der Waals surface area (Å²) < 4.78 is 37.6. The Hall–Kier alpha value is -2.21. The summed E-state index contributed by atoms with van der Waals surface area (Å²) in [6.45, 7) is 1.84. The van der Waals surface area contributed by atoms with Crippen LogP contribution in [0.1, 0.15) is 5.56 Å². The molecule has 0 heterocycles. The minimum atomic E-state index is -3.68. The molecule has 0 aliphatic carbocycles. The molecule has 6 heteroatoms. The number of hydrogen-bond acceptors (Lipinski definition) is 4. The Morgan fingerprint density at radius 1 is 0.952 bits per heavy atom. The second-order valence-corrected chi connectivity index (χ2v) is 6.12. The fourth-order valence-electron chi connectivity index (χ4n) is 1.87. The molecule has 0 saturated heterocycles. The molecule has 0 saturated carbocycles. The second kappa shape index (κ2) is 6.05. The topological polar surface area (TPSA) is 64.6 Å². The van der Waals surface area contributed by atoms with Crippen LogP contribution in [-0.4, -0.2) is 22.6 Å². The molecule has 0 bridgehead atoms. The third-order valence-corrected chi connectivity index (χ3v) is 4.42. The molecule has 0 aliphatic heterocycles. The number of anilines is 1. The van der Waals surface area contributed by atoms with Gasteiger partial charge in [0.1, 0.15) is 0 Å². The van der Waals surface area contributed by atoms with Crippen LogP contribution in [0.5, 0.6) is 11.5 Å². The van der Waals surface area contributed by atoms with Gasteiger partial charge < -0.3 is 9.47 Å². The molecule has 0 radical (unpaired) electrons. The SMILES string of the molecule is COc1ccc(S(=O)(=O)Nc2ccccc2C)cc1OC. The van der Waals surface area contributed by atoms with Crippen LogP contribution in [-0.2, 0) is 10.0 Å². The van der Waals surface area contributed by atoms with Crippen LogP contribution in [0.3, 0.4) is 0 Å². The molecule has 5 nitrogen and oxygen atoms in total. The summed E-state index contributed by atoms with van der Waals surface area (Å²) in [6, 6.07) is 11.6. The van der Waals surface area contributed by atoms with E-state index < -0.39 is 10.0 Å². The van der Waals surface area contributed by atoms with Crippen LogP contribution in [0.4, 0.5) is 5.69 Å². The van der Waals surface area contributed by atoms with E-state index in [1.54, 1.807) is 18.2 Å².